The van der Waals surface area contributed by atoms with Gasteiger partial charge < -0.3 is 4.98 Å². The van der Waals surface area contributed by atoms with E-state index < -0.39 is 0 Å². The summed E-state index contributed by atoms with van der Waals surface area (Å²) in [4.78, 5) is 3.22. The molecule has 0 fully saturated rings. The number of hydrogen-bond donors (Lipinski definition) is 1. The Bertz CT molecular complexity index is 578. The van der Waals surface area contributed by atoms with Gasteiger partial charge in [0.1, 0.15) is 0 Å². The molecule has 0 spiro atoms. The Kier molecular flexibility index (Phi) is 1.82. The zero-order valence-electron chi connectivity index (χ0n) is 8.20. The predicted octanol–water partition coefficient (Wildman–Crippen LogP) is 3.64. The van der Waals surface area contributed by atoms with Crippen molar-refractivity contribution in [3.8, 4) is 11.1 Å². The molecule has 0 aliphatic rings. The molecule has 71 valence electrons. The second-order valence-corrected chi connectivity index (χ2v) is 3.57. The van der Waals surface area contributed by atoms with Crippen molar-refractivity contribution >= 4 is 10.9 Å². The molecule has 0 saturated carbocycles. The normalized spacial score (nSPS) is 10.7. The first-order valence-corrected chi connectivity index (χ1v) is 4.97. The van der Waals surface area contributed by atoms with Crippen molar-refractivity contribution in [2.45, 2.75) is 0 Å². The number of aromatic amines is 1. The van der Waals surface area contributed by atoms with E-state index in [1.54, 1.807) is 0 Å². The number of H-pyrrole nitrogens is 1. The summed E-state index contributed by atoms with van der Waals surface area (Å²) in [5, 5.41) is 1.25. The van der Waals surface area contributed by atoms with E-state index in [1.165, 1.54) is 22.0 Å². The first-order valence-electron chi connectivity index (χ1n) is 4.97. The van der Waals surface area contributed by atoms with Crippen molar-refractivity contribution in [3.05, 3.63) is 60.8 Å². The molecule has 1 N–H and O–H groups in total. The van der Waals surface area contributed by atoms with Crippen LogP contribution in [0.15, 0.2) is 54.7 Å². The number of aromatic nitrogens is 1. The van der Waals surface area contributed by atoms with Crippen LogP contribution in [0.2, 0.25) is 0 Å². The lowest BCUT2D eigenvalue weighted by Gasteiger charge is -2.00. The zero-order valence-corrected chi connectivity index (χ0v) is 8.20. The van der Waals surface area contributed by atoms with Gasteiger partial charge in [0, 0.05) is 11.7 Å². The van der Waals surface area contributed by atoms with Gasteiger partial charge in [-0.3, -0.25) is 0 Å². The van der Waals surface area contributed by atoms with Crippen LogP contribution in [0, 0.1) is 6.07 Å². The van der Waals surface area contributed by atoms with Gasteiger partial charge in [-0.25, -0.2) is 0 Å². The zero-order chi connectivity index (χ0) is 10.1. The van der Waals surface area contributed by atoms with Gasteiger partial charge in [0.15, 0.2) is 0 Å². The van der Waals surface area contributed by atoms with Crippen molar-refractivity contribution in [1.82, 2.24) is 4.98 Å². The summed E-state index contributed by atoms with van der Waals surface area (Å²) in [6.07, 6.45) is 1.97. The fourth-order valence-corrected chi connectivity index (χ4v) is 1.81. The lowest BCUT2D eigenvalue weighted by Crippen LogP contribution is -1.76. The Labute approximate surface area is 88.4 Å². The number of nitrogens with one attached hydrogen (secondary N) is 1. The molecule has 0 bridgehead atoms. The molecule has 3 aromatic rings. The van der Waals surface area contributed by atoms with Crippen molar-refractivity contribution < 1.29 is 0 Å². The average molecular weight is 192 g/mol. The van der Waals surface area contributed by atoms with Gasteiger partial charge in [0.2, 0.25) is 0 Å². The first kappa shape index (κ1) is 8.30. The summed E-state index contributed by atoms with van der Waals surface area (Å²) in [7, 11) is 0. The molecule has 3 rings (SSSR count). The molecule has 0 atom stereocenters. The van der Waals surface area contributed by atoms with Crippen LogP contribution in [-0.4, -0.2) is 4.98 Å². The number of hydrogen-bond acceptors (Lipinski definition) is 0. The van der Waals surface area contributed by atoms with Crippen LogP contribution < -0.4 is 0 Å². The number of fused-ring (bicyclic) bond motifs is 1. The van der Waals surface area contributed by atoms with E-state index >= 15 is 0 Å². The summed E-state index contributed by atoms with van der Waals surface area (Å²) in [6, 6.07) is 19.6. The first-order chi connectivity index (χ1) is 7.43. The average Bonchev–Trinajstić information content (AvgIpc) is 2.77. The topological polar surface area (TPSA) is 15.8 Å². The highest BCUT2D eigenvalue weighted by atomic mass is 14.7. The van der Waals surface area contributed by atoms with Crippen molar-refractivity contribution in [1.29, 1.82) is 0 Å². The second-order valence-electron chi connectivity index (χ2n) is 3.57. The van der Waals surface area contributed by atoms with Gasteiger partial charge in [-0.15, -0.1) is 0 Å². The Morgan fingerprint density at radius 3 is 2.60 bits per heavy atom. The van der Waals surface area contributed by atoms with Crippen molar-refractivity contribution in [2.75, 3.05) is 0 Å². The van der Waals surface area contributed by atoms with Gasteiger partial charge in [-0.05, 0) is 34.7 Å². The highest BCUT2D eigenvalue weighted by Crippen LogP contribution is 2.23. The Morgan fingerprint density at radius 1 is 0.867 bits per heavy atom. The van der Waals surface area contributed by atoms with Crippen LogP contribution in [0.5, 0.6) is 0 Å². The second kappa shape index (κ2) is 3.28. The van der Waals surface area contributed by atoms with E-state index in [1.807, 2.05) is 18.3 Å². The van der Waals surface area contributed by atoms with E-state index in [-0.39, 0.29) is 0 Å². The molecule has 1 aromatic heterocycles. The quantitative estimate of drug-likeness (QED) is 0.606. The smallest absolute Gasteiger partial charge is 0.0460 e. The molecule has 1 heterocycles. The Balaban J connectivity index is 2.19. The molecular weight excluding hydrogens is 182 g/mol. The highest BCUT2D eigenvalue weighted by Gasteiger charge is 1.98. The van der Waals surface area contributed by atoms with Crippen LogP contribution in [0.25, 0.3) is 22.0 Å². The summed E-state index contributed by atoms with van der Waals surface area (Å²) in [5.74, 6) is 0. The summed E-state index contributed by atoms with van der Waals surface area (Å²) >= 11 is 0. The fourth-order valence-electron chi connectivity index (χ4n) is 1.81. The van der Waals surface area contributed by atoms with Gasteiger partial charge >= 0.3 is 0 Å². The van der Waals surface area contributed by atoms with Crippen LogP contribution in [-0.2, 0) is 0 Å². The van der Waals surface area contributed by atoms with Crippen molar-refractivity contribution in [3.63, 3.8) is 0 Å². The third-order valence-electron chi connectivity index (χ3n) is 2.61. The minimum atomic E-state index is 1.18. The highest BCUT2D eigenvalue weighted by molar-refractivity contribution is 5.84. The van der Waals surface area contributed by atoms with E-state index in [2.05, 4.69) is 47.4 Å². The van der Waals surface area contributed by atoms with E-state index in [0.29, 0.717) is 0 Å². The molecule has 0 aliphatic carbocycles. The van der Waals surface area contributed by atoms with E-state index in [9.17, 15) is 0 Å². The van der Waals surface area contributed by atoms with Crippen LogP contribution in [0.3, 0.4) is 0 Å². The summed E-state index contributed by atoms with van der Waals surface area (Å²) in [6.45, 7) is 0. The Hall–Kier alpha value is -2.02. The predicted molar refractivity (Wildman–Crippen MR) is 62.6 cm³/mol. The SMILES string of the molecule is [c]1ccc(-c2ccc3cc[nH]c3c2)cc1. The van der Waals surface area contributed by atoms with Crippen molar-refractivity contribution in [2.24, 2.45) is 0 Å². The van der Waals surface area contributed by atoms with E-state index in [0.717, 1.165) is 0 Å². The largest absolute Gasteiger partial charge is 0.361 e. The number of rotatable bonds is 1. The molecule has 15 heavy (non-hydrogen) atoms. The maximum atomic E-state index is 3.22. The van der Waals surface area contributed by atoms with Gasteiger partial charge in [-0.2, -0.15) is 0 Å². The molecule has 1 nitrogen and oxygen atoms in total. The molecular formula is C14H10N. The molecule has 0 amide bonds. The molecule has 0 saturated heterocycles. The third kappa shape index (κ3) is 1.42. The number of benzene rings is 2. The van der Waals surface area contributed by atoms with Gasteiger partial charge in [0.05, 0.1) is 0 Å². The Morgan fingerprint density at radius 2 is 1.73 bits per heavy atom. The lowest BCUT2D eigenvalue weighted by molar-refractivity contribution is 1.48. The maximum absolute atomic E-state index is 3.22. The molecule has 1 heteroatoms. The summed E-state index contributed by atoms with van der Waals surface area (Å²) in [5.41, 5.74) is 3.64. The van der Waals surface area contributed by atoms with Gasteiger partial charge in [-0.1, -0.05) is 36.4 Å². The standard InChI is InChI=1S/C14H10N/c1-2-4-11(5-3-1)13-7-6-12-8-9-15-14(12)10-13/h2-10,15H. The van der Waals surface area contributed by atoms with Gasteiger partial charge in [0.25, 0.3) is 0 Å². The van der Waals surface area contributed by atoms with E-state index in [4.69, 9.17) is 0 Å². The van der Waals surface area contributed by atoms with Crippen LogP contribution >= 0.6 is 0 Å². The minimum Gasteiger partial charge on any atom is -0.361 e. The molecule has 0 unspecified atom stereocenters. The third-order valence-corrected chi connectivity index (χ3v) is 2.61. The minimum absolute atomic E-state index is 1.18. The lowest BCUT2D eigenvalue weighted by atomic mass is 10.0. The fraction of sp³-hybridized carbons (Fsp3) is 0. The molecule has 1 radical (unpaired) electrons. The maximum Gasteiger partial charge on any atom is 0.0460 e. The van der Waals surface area contributed by atoms with Crippen LogP contribution in [0.1, 0.15) is 0 Å². The molecule has 0 aliphatic heterocycles. The van der Waals surface area contributed by atoms with Crippen LogP contribution in [0.4, 0.5) is 0 Å². The molecule has 2 aromatic carbocycles. The summed E-state index contributed by atoms with van der Waals surface area (Å²) < 4.78 is 0. The monoisotopic (exact) mass is 192 g/mol.